The molecule has 1 aromatic rings. The van der Waals surface area contributed by atoms with Gasteiger partial charge in [-0.1, -0.05) is 6.92 Å². The smallest absolute Gasteiger partial charge is 0.343 e. The topological polar surface area (TPSA) is 81.4 Å². The Morgan fingerprint density at radius 1 is 1.40 bits per heavy atom. The van der Waals surface area contributed by atoms with Crippen LogP contribution in [0.5, 0.6) is 0 Å². The predicted octanol–water partition coefficient (Wildman–Crippen LogP) is 2.92. The van der Waals surface area contributed by atoms with Crippen LogP contribution in [0.2, 0.25) is 0 Å². The molecule has 1 aliphatic carbocycles. The maximum Gasteiger partial charge on any atom is 0.343 e. The molecule has 0 amide bonds. The SMILES string of the molecule is CCCNc1sc(C(=O)C2CC2)c(N)c1C(=O)OCC. The second-order valence-corrected chi connectivity index (χ2v) is 5.86. The van der Waals surface area contributed by atoms with Gasteiger partial charge in [-0.3, -0.25) is 4.79 Å². The first-order valence-electron chi connectivity index (χ1n) is 6.97. The van der Waals surface area contributed by atoms with E-state index in [1.165, 1.54) is 11.3 Å². The van der Waals surface area contributed by atoms with E-state index in [0.29, 0.717) is 15.4 Å². The molecule has 110 valence electrons. The molecule has 0 bridgehead atoms. The first kappa shape index (κ1) is 14.8. The van der Waals surface area contributed by atoms with Crippen molar-refractivity contribution in [1.82, 2.24) is 0 Å². The Hall–Kier alpha value is -1.56. The van der Waals surface area contributed by atoms with Crippen molar-refractivity contribution in [3.8, 4) is 0 Å². The Bertz CT molecular complexity index is 521. The van der Waals surface area contributed by atoms with Gasteiger partial charge in [0, 0.05) is 12.5 Å². The van der Waals surface area contributed by atoms with Gasteiger partial charge in [0.15, 0.2) is 5.78 Å². The summed E-state index contributed by atoms with van der Waals surface area (Å²) in [4.78, 5) is 24.7. The fourth-order valence-corrected chi connectivity index (χ4v) is 3.08. The van der Waals surface area contributed by atoms with Gasteiger partial charge < -0.3 is 15.8 Å². The molecule has 0 unspecified atom stereocenters. The number of carbonyl (C=O) groups excluding carboxylic acids is 2. The van der Waals surface area contributed by atoms with E-state index in [1.807, 2.05) is 6.92 Å². The van der Waals surface area contributed by atoms with Crippen molar-refractivity contribution >= 4 is 33.8 Å². The van der Waals surface area contributed by atoms with E-state index in [2.05, 4.69) is 5.32 Å². The number of nitrogens with two attached hydrogens (primary N) is 1. The third-order valence-electron chi connectivity index (χ3n) is 3.13. The fourth-order valence-electron chi connectivity index (χ4n) is 1.93. The van der Waals surface area contributed by atoms with Gasteiger partial charge in [0.2, 0.25) is 0 Å². The van der Waals surface area contributed by atoms with E-state index in [-0.39, 0.29) is 24.0 Å². The molecule has 3 N–H and O–H groups in total. The molecule has 0 saturated heterocycles. The average molecular weight is 296 g/mol. The van der Waals surface area contributed by atoms with Gasteiger partial charge in [0.1, 0.15) is 10.6 Å². The Balaban J connectivity index is 2.34. The van der Waals surface area contributed by atoms with Crippen LogP contribution < -0.4 is 11.1 Å². The van der Waals surface area contributed by atoms with Crippen LogP contribution in [-0.4, -0.2) is 24.9 Å². The van der Waals surface area contributed by atoms with Gasteiger partial charge in [-0.15, -0.1) is 11.3 Å². The van der Waals surface area contributed by atoms with E-state index >= 15 is 0 Å². The predicted molar refractivity (Wildman–Crippen MR) is 80.5 cm³/mol. The molecule has 1 fully saturated rings. The number of nitrogens with one attached hydrogen (secondary N) is 1. The second-order valence-electron chi connectivity index (χ2n) is 4.83. The van der Waals surface area contributed by atoms with Crippen molar-refractivity contribution in [2.45, 2.75) is 33.1 Å². The maximum atomic E-state index is 12.2. The third-order valence-corrected chi connectivity index (χ3v) is 4.31. The summed E-state index contributed by atoms with van der Waals surface area (Å²) in [7, 11) is 0. The first-order chi connectivity index (χ1) is 9.60. The number of anilines is 2. The minimum atomic E-state index is -0.463. The number of carbonyl (C=O) groups is 2. The number of rotatable bonds is 7. The largest absolute Gasteiger partial charge is 0.462 e. The fraction of sp³-hybridized carbons (Fsp3) is 0.571. The summed E-state index contributed by atoms with van der Waals surface area (Å²) in [5.74, 6) is -0.317. The van der Waals surface area contributed by atoms with Crippen LogP contribution in [0, 0.1) is 5.92 Å². The van der Waals surface area contributed by atoms with Crippen molar-refractivity contribution in [2.24, 2.45) is 5.92 Å². The van der Waals surface area contributed by atoms with Crippen LogP contribution in [0.1, 0.15) is 53.1 Å². The van der Waals surface area contributed by atoms with Gasteiger partial charge in [0.25, 0.3) is 0 Å². The lowest BCUT2D eigenvalue weighted by atomic mass is 10.1. The zero-order valence-electron chi connectivity index (χ0n) is 11.8. The molecular weight excluding hydrogens is 276 g/mol. The minimum absolute atomic E-state index is 0.0580. The molecule has 1 aromatic heterocycles. The highest BCUT2D eigenvalue weighted by molar-refractivity contribution is 7.19. The summed E-state index contributed by atoms with van der Waals surface area (Å²) in [6.07, 6.45) is 2.76. The van der Waals surface area contributed by atoms with Gasteiger partial charge in [0.05, 0.1) is 17.2 Å². The average Bonchev–Trinajstić information content (AvgIpc) is 3.20. The third kappa shape index (κ3) is 2.95. The first-order valence-corrected chi connectivity index (χ1v) is 7.79. The minimum Gasteiger partial charge on any atom is -0.462 e. The molecule has 5 nitrogen and oxygen atoms in total. The molecule has 1 aliphatic rings. The Labute approximate surface area is 122 Å². The van der Waals surface area contributed by atoms with E-state index in [0.717, 1.165) is 25.8 Å². The highest BCUT2D eigenvalue weighted by atomic mass is 32.1. The number of ether oxygens (including phenoxy) is 1. The van der Waals surface area contributed by atoms with Crippen molar-refractivity contribution in [3.05, 3.63) is 10.4 Å². The van der Waals surface area contributed by atoms with Crippen molar-refractivity contribution in [1.29, 1.82) is 0 Å². The molecule has 0 atom stereocenters. The van der Waals surface area contributed by atoms with E-state index in [9.17, 15) is 9.59 Å². The number of hydrogen-bond donors (Lipinski definition) is 2. The Morgan fingerprint density at radius 3 is 2.65 bits per heavy atom. The second kappa shape index (κ2) is 6.26. The summed E-state index contributed by atoms with van der Waals surface area (Å²) in [5.41, 5.74) is 6.60. The van der Waals surface area contributed by atoms with Gasteiger partial charge in [-0.2, -0.15) is 0 Å². The quantitative estimate of drug-likeness (QED) is 0.597. The van der Waals surface area contributed by atoms with Gasteiger partial charge >= 0.3 is 5.97 Å². The molecule has 6 heteroatoms. The Kier molecular flexibility index (Phi) is 4.65. The van der Waals surface area contributed by atoms with Gasteiger partial charge in [-0.05, 0) is 26.2 Å². The van der Waals surface area contributed by atoms with E-state index < -0.39 is 5.97 Å². The van der Waals surface area contributed by atoms with Crippen LogP contribution in [0.4, 0.5) is 10.7 Å². The lowest BCUT2D eigenvalue weighted by Gasteiger charge is -2.06. The van der Waals surface area contributed by atoms with Crippen molar-refractivity contribution < 1.29 is 14.3 Å². The molecule has 0 aliphatic heterocycles. The van der Waals surface area contributed by atoms with Crippen LogP contribution >= 0.6 is 11.3 Å². The summed E-state index contributed by atoms with van der Waals surface area (Å²) < 4.78 is 5.04. The number of Topliss-reactive ketones (excluding diaryl/α,β-unsaturated/α-hetero) is 1. The van der Waals surface area contributed by atoms with Crippen LogP contribution in [-0.2, 0) is 4.74 Å². The summed E-state index contributed by atoms with van der Waals surface area (Å²) >= 11 is 1.27. The standard InChI is InChI=1S/C14H20N2O3S/c1-3-7-16-13-9(14(18)19-4-2)10(15)12(20-13)11(17)8-5-6-8/h8,16H,3-7,15H2,1-2H3. The van der Waals surface area contributed by atoms with Crippen LogP contribution in [0.25, 0.3) is 0 Å². The van der Waals surface area contributed by atoms with E-state index in [1.54, 1.807) is 6.92 Å². The number of ketones is 1. The zero-order valence-corrected chi connectivity index (χ0v) is 12.6. The number of thiophene rings is 1. The monoisotopic (exact) mass is 296 g/mol. The van der Waals surface area contributed by atoms with Crippen molar-refractivity contribution in [2.75, 3.05) is 24.2 Å². The zero-order chi connectivity index (χ0) is 14.7. The van der Waals surface area contributed by atoms with Crippen LogP contribution in [0.15, 0.2) is 0 Å². The summed E-state index contributed by atoms with van der Waals surface area (Å²) in [6, 6.07) is 0. The Morgan fingerprint density at radius 2 is 2.10 bits per heavy atom. The lowest BCUT2D eigenvalue weighted by Crippen LogP contribution is -2.11. The van der Waals surface area contributed by atoms with Gasteiger partial charge in [-0.25, -0.2) is 4.79 Å². The summed E-state index contributed by atoms with van der Waals surface area (Å²) in [6.45, 7) is 4.79. The van der Waals surface area contributed by atoms with E-state index in [4.69, 9.17) is 10.5 Å². The highest BCUT2D eigenvalue weighted by Crippen LogP contribution is 2.42. The normalized spacial score (nSPS) is 14.1. The number of esters is 1. The summed E-state index contributed by atoms with van der Waals surface area (Å²) in [5, 5.41) is 3.81. The van der Waals surface area contributed by atoms with Crippen LogP contribution in [0.3, 0.4) is 0 Å². The molecule has 20 heavy (non-hydrogen) atoms. The molecule has 1 saturated carbocycles. The molecule has 0 radical (unpaired) electrons. The maximum absolute atomic E-state index is 12.2. The molecular formula is C14H20N2O3S. The number of nitrogen functional groups attached to an aromatic ring is 1. The molecule has 0 aromatic carbocycles. The lowest BCUT2D eigenvalue weighted by molar-refractivity contribution is 0.0529. The number of hydrogen-bond acceptors (Lipinski definition) is 6. The van der Waals surface area contributed by atoms with Crippen molar-refractivity contribution in [3.63, 3.8) is 0 Å². The molecule has 0 spiro atoms. The molecule has 1 heterocycles. The highest BCUT2D eigenvalue weighted by Gasteiger charge is 2.35. The molecule has 2 rings (SSSR count).